The van der Waals surface area contributed by atoms with Gasteiger partial charge >= 0.3 is 5.97 Å². The SMILES string of the molecule is Cc1cc(C)cc(NC(=O)COC(=O)[C@H]2CC(=O)N(c3cccc(Cl)c3Cl)C2)c1. The lowest BCUT2D eigenvalue weighted by atomic mass is 10.1. The van der Waals surface area contributed by atoms with Gasteiger partial charge in [0.2, 0.25) is 5.91 Å². The van der Waals surface area contributed by atoms with Crippen LogP contribution in [0, 0.1) is 19.8 Å². The van der Waals surface area contributed by atoms with Crippen molar-refractivity contribution in [1.29, 1.82) is 0 Å². The van der Waals surface area contributed by atoms with Crippen LogP contribution in [0.25, 0.3) is 0 Å². The number of carbonyl (C=O) groups excluding carboxylic acids is 3. The van der Waals surface area contributed by atoms with Crippen molar-refractivity contribution in [3.8, 4) is 0 Å². The first-order chi connectivity index (χ1) is 13.7. The van der Waals surface area contributed by atoms with Gasteiger partial charge in [0.1, 0.15) is 0 Å². The maximum absolute atomic E-state index is 12.3. The molecule has 29 heavy (non-hydrogen) atoms. The third kappa shape index (κ3) is 5.08. The van der Waals surface area contributed by atoms with E-state index in [1.807, 2.05) is 32.0 Å². The van der Waals surface area contributed by atoms with E-state index in [-0.39, 0.29) is 23.9 Å². The van der Waals surface area contributed by atoms with Crippen LogP contribution in [0.4, 0.5) is 11.4 Å². The van der Waals surface area contributed by atoms with E-state index in [1.54, 1.807) is 18.2 Å². The van der Waals surface area contributed by atoms with Crippen molar-refractivity contribution >= 4 is 52.4 Å². The maximum atomic E-state index is 12.3. The van der Waals surface area contributed by atoms with Crippen molar-refractivity contribution in [1.82, 2.24) is 0 Å². The average Bonchev–Trinajstić information content (AvgIpc) is 3.03. The van der Waals surface area contributed by atoms with Crippen LogP contribution in [0.3, 0.4) is 0 Å². The smallest absolute Gasteiger partial charge is 0.311 e. The van der Waals surface area contributed by atoms with Crippen LogP contribution in [0.5, 0.6) is 0 Å². The number of nitrogens with zero attached hydrogens (tertiary/aromatic N) is 1. The van der Waals surface area contributed by atoms with Gasteiger partial charge in [-0.05, 0) is 49.2 Å². The molecule has 0 bridgehead atoms. The highest BCUT2D eigenvalue weighted by Crippen LogP contribution is 2.35. The summed E-state index contributed by atoms with van der Waals surface area (Å²) in [6.07, 6.45) is -0.0135. The third-order valence-corrected chi connectivity index (χ3v) is 5.34. The van der Waals surface area contributed by atoms with Crippen molar-refractivity contribution in [3.05, 3.63) is 57.6 Å². The molecule has 6 nitrogen and oxygen atoms in total. The summed E-state index contributed by atoms with van der Waals surface area (Å²) in [6.45, 7) is 3.56. The number of benzene rings is 2. The highest BCUT2D eigenvalue weighted by atomic mass is 35.5. The van der Waals surface area contributed by atoms with Crippen LogP contribution in [0.2, 0.25) is 10.0 Å². The van der Waals surface area contributed by atoms with Crippen molar-refractivity contribution in [2.24, 2.45) is 5.92 Å². The van der Waals surface area contributed by atoms with Gasteiger partial charge in [-0.3, -0.25) is 14.4 Å². The summed E-state index contributed by atoms with van der Waals surface area (Å²) in [4.78, 5) is 38.2. The second-order valence-electron chi connectivity index (χ2n) is 7.01. The van der Waals surface area contributed by atoms with Gasteiger partial charge in [-0.25, -0.2) is 0 Å². The summed E-state index contributed by atoms with van der Waals surface area (Å²) in [5.74, 6) is -1.97. The van der Waals surface area contributed by atoms with Crippen molar-refractivity contribution in [2.45, 2.75) is 20.3 Å². The molecule has 8 heteroatoms. The molecule has 1 N–H and O–H groups in total. The lowest BCUT2D eigenvalue weighted by molar-refractivity contribution is -0.151. The normalized spacial score (nSPS) is 16.1. The van der Waals surface area contributed by atoms with Crippen LogP contribution >= 0.6 is 23.2 Å². The Morgan fingerprint density at radius 3 is 2.55 bits per heavy atom. The predicted octanol–water partition coefficient (Wildman–Crippen LogP) is 4.15. The molecule has 1 atom stereocenters. The van der Waals surface area contributed by atoms with Gasteiger partial charge in [-0.15, -0.1) is 0 Å². The van der Waals surface area contributed by atoms with Crippen LogP contribution in [-0.4, -0.2) is 30.9 Å². The molecule has 2 aromatic carbocycles. The number of nitrogens with one attached hydrogen (secondary N) is 1. The molecule has 0 aliphatic carbocycles. The first kappa shape index (κ1) is 21.1. The lowest BCUT2D eigenvalue weighted by Crippen LogP contribution is -2.28. The number of ether oxygens (including phenoxy) is 1. The van der Waals surface area contributed by atoms with E-state index in [0.717, 1.165) is 11.1 Å². The molecule has 1 heterocycles. The molecular weight excluding hydrogens is 415 g/mol. The topological polar surface area (TPSA) is 75.7 Å². The highest BCUT2D eigenvalue weighted by Gasteiger charge is 2.37. The number of hydrogen-bond acceptors (Lipinski definition) is 4. The van der Waals surface area contributed by atoms with Gasteiger partial charge in [-0.1, -0.05) is 35.3 Å². The number of carbonyl (C=O) groups is 3. The number of rotatable bonds is 5. The summed E-state index contributed by atoms with van der Waals surface area (Å²) >= 11 is 12.2. The lowest BCUT2D eigenvalue weighted by Gasteiger charge is -2.18. The molecule has 1 saturated heterocycles. The van der Waals surface area contributed by atoms with E-state index < -0.39 is 24.4 Å². The van der Waals surface area contributed by atoms with E-state index >= 15 is 0 Å². The molecular formula is C21H20Cl2N2O4. The molecule has 0 aromatic heterocycles. The minimum absolute atomic E-state index is 0.0135. The molecule has 152 valence electrons. The summed E-state index contributed by atoms with van der Waals surface area (Å²) in [5.41, 5.74) is 3.12. The molecule has 2 aromatic rings. The van der Waals surface area contributed by atoms with E-state index in [1.165, 1.54) is 4.90 Å². The molecule has 0 spiro atoms. The maximum Gasteiger partial charge on any atom is 0.311 e. The first-order valence-corrected chi connectivity index (χ1v) is 9.79. The molecule has 3 rings (SSSR count). The molecule has 1 aliphatic rings. The number of amides is 2. The molecule has 1 fully saturated rings. The van der Waals surface area contributed by atoms with Gasteiger partial charge in [0.25, 0.3) is 5.91 Å². The Morgan fingerprint density at radius 2 is 1.86 bits per heavy atom. The molecule has 0 saturated carbocycles. The Morgan fingerprint density at radius 1 is 1.17 bits per heavy atom. The Bertz CT molecular complexity index is 957. The van der Waals surface area contributed by atoms with E-state index in [9.17, 15) is 14.4 Å². The fourth-order valence-electron chi connectivity index (χ4n) is 3.30. The molecule has 0 radical (unpaired) electrons. The zero-order valence-electron chi connectivity index (χ0n) is 16.0. The van der Waals surface area contributed by atoms with Crippen LogP contribution in [0.1, 0.15) is 17.5 Å². The summed E-state index contributed by atoms with van der Waals surface area (Å²) < 4.78 is 5.12. The standard InChI is InChI=1S/C21H20Cl2N2O4/c1-12-6-13(2)8-15(7-12)24-18(26)11-29-21(28)14-9-19(27)25(10-14)17-5-3-4-16(22)20(17)23/h3-8,14H,9-11H2,1-2H3,(H,24,26)/t14-/m0/s1. The van der Waals surface area contributed by atoms with Gasteiger partial charge in [0.05, 0.1) is 21.7 Å². The van der Waals surface area contributed by atoms with Crippen LogP contribution in [-0.2, 0) is 19.1 Å². The van der Waals surface area contributed by atoms with Crippen molar-refractivity contribution < 1.29 is 19.1 Å². The second kappa shape index (κ2) is 8.84. The monoisotopic (exact) mass is 434 g/mol. The number of aryl methyl sites for hydroxylation is 2. The van der Waals surface area contributed by atoms with Gasteiger partial charge in [0.15, 0.2) is 6.61 Å². The summed E-state index contributed by atoms with van der Waals surface area (Å²) in [6, 6.07) is 10.6. The van der Waals surface area contributed by atoms with Gasteiger partial charge in [-0.2, -0.15) is 0 Å². The fraction of sp³-hybridized carbons (Fsp3) is 0.286. The Kier molecular flexibility index (Phi) is 6.45. The third-order valence-electron chi connectivity index (χ3n) is 4.53. The quantitative estimate of drug-likeness (QED) is 0.717. The number of esters is 1. The zero-order valence-corrected chi connectivity index (χ0v) is 17.5. The number of anilines is 2. The number of halogens is 2. The predicted molar refractivity (Wildman–Crippen MR) is 112 cm³/mol. The minimum Gasteiger partial charge on any atom is -0.455 e. The average molecular weight is 435 g/mol. The first-order valence-electron chi connectivity index (χ1n) is 9.03. The Labute approximate surface area is 178 Å². The zero-order chi connectivity index (χ0) is 21.1. The van der Waals surface area contributed by atoms with Crippen LogP contribution in [0.15, 0.2) is 36.4 Å². The van der Waals surface area contributed by atoms with Gasteiger partial charge < -0.3 is 15.0 Å². The summed E-state index contributed by atoms with van der Waals surface area (Å²) in [5, 5.41) is 3.28. The largest absolute Gasteiger partial charge is 0.455 e. The molecule has 1 aliphatic heterocycles. The van der Waals surface area contributed by atoms with E-state index in [4.69, 9.17) is 27.9 Å². The van der Waals surface area contributed by atoms with Crippen LogP contribution < -0.4 is 10.2 Å². The minimum atomic E-state index is -0.674. The van der Waals surface area contributed by atoms with E-state index in [0.29, 0.717) is 16.4 Å². The van der Waals surface area contributed by atoms with Crippen molar-refractivity contribution in [2.75, 3.05) is 23.4 Å². The van der Waals surface area contributed by atoms with E-state index in [2.05, 4.69) is 5.32 Å². The van der Waals surface area contributed by atoms with Gasteiger partial charge in [0, 0.05) is 18.7 Å². The Hall–Kier alpha value is -2.57. The highest BCUT2D eigenvalue weighted by molar-refractivity contribution is 6.44. The number of hydrogen-bond donors (Lipinski definition) is 1. The second-order valence-corrected chi connectivity index (χ2v) is 7.80. The summed E-state index contributed by atoms with van der Waals surface area (Å²) in [7, 11) is 0. The molecule has 0 unspecified atom stereocenters. The molecule has 2 amide bonds. The fourth-order valence-corrected chi connectivity index (χ4v) is 3.70. The van der Waals surface area contributed by atoms with Crippen molar-refractivity contribution in [3.63, 3.8) is 0 Å². The Balaban J connectivity index is 1.56.